The van der Waals surface area contributed by atoms with Crippen molar-refractivity contribution in [3.8, 4) is 0 Å². The molecule has 2 aromatic carbocycles. The zero-order valence-electron chi connectivity index (χ0n) is 11.9. The first kappa shape index (κ1) is 18.7. The number of benzene rings is 2. The van der Waals surface area contributed by atoms with Gasteiger partial charge in [-0.1, -0.05) is 17.7 Å². The summed E-state index contributed by atoms with van der Waals surface area (Å²) >= 11 is 0. The minimum Gasteiger partial charge on any atom is -0.282 e. The topological polar surface area (TPSA) is 137 Å². The van der Waals surface area contributed by atoms with Crippen LogP contribution in [0.4, 0.5) is 5.69 Å². The molecule has 0 saturated heterocycles. The van der Waals surface area contributed by atoms with Gasteiger partial charge >= 0.3 is 5.69 Å². The van der Waals surface area contributed by atoms with Crippen LogP contribution >= 0.6 is 0 Å². The Bertz CT molecular complexity index is 912. The summed E-state index contributed by atoms with van der Waals surface area (Å²) in [5.74, 6) is 0. The van der Waals surface area contributed by atoms with E-state index in [0.29, 0.717) is 0 Å². The molecule has 2 aromatic rings. The third-order valence-corrected chi connectivity index (χ3v) is 4.30. The van der Waals surface area contributed by atoms with Crippen LogP contribution in [0.25, 0.3) is 4.98 Å². The van der Waals surface area contributed by atoms with E-state index in [9.17, 15) is 16.8 Å². The highest BCUT2D eigenvalue weighted by atomic mass is 32.2. The van der Waals surface area contributed by atoms with E-state index in [4.69, 9.17) is 14.5 Å². The van der Waals surface area contributed by atoms with Gasteiger partial charge in [0.1, 0.15) is 0 Å². The number of rotatable bonds is 2. The molecular weight excluding hydrogens is 344 g/mol. The lowest BCUT2D eigenvalue weighted by molar-refractivity contribution is 0.481. The molecule has 0 aliphatic rings. The van der Waals surface area contributed by atoms with Gasteiger partial charge in [-0.05, 0) is 31.2 Å². The van der Waals surface area contributed by atoms with Gasteiger partial charge in [0.05, 0.1) is 9.79 Å². The fraction of sp³-hybridized carbons (Fsp3) is 0.0769. The molecule has 8 nitrogen and oxygen atoms in total. The first-order valence-corrected chi connectivity index (χ1v) is 8.89. The number of diazo groups is 1. The monoisotopic (exact) mass is 357 g/mol. The average molecular weight is 357 g/mol. The highest BCUT2D eigenvalue weighted by molar-refractivity contribution is 7.86. The van der Waals surface area contributed by atoms with E-state index in [1.54, 1.807) is 12.1 Å². The van der Waals surface area contributed by atoms with Crippen molar-refractivity contribution in [2.45, 2.75) is 16.7 Å². The van der Waals surface area contributed by atoms with Crippen LogP contribution in [-0.4, -0.2) is 25.9 Å². The standard InChI is InChI=1S/C7H8O3S.C6H4N2O3S/c1-6-2-4-7(5-3-6)11(8,9)10;7-8-5-1-3-6(4-2-5)12(9,10)11/h2-5H,1H3,(H,8,9,10);1-4H/p+1. The van der Waals surface area contributed by atoms with Gasteiger partial charge in [0.25, 0.3) is 20.2 Å². The maximum atomic E-state index is 10.5. The Balaban J connectivity index is 0.000000231. The van der Waals surface area contributed by atoms with Crippen LogP contribution in [0.5, 0.6) is 0 Å². The smallest absolute Gasteiger partial charge is 0.282 e. The van der Waals surface area contributed by atoms with Gasteiger partial charge in [0.15, 0.2) is 4.98 Å². The largest absolute Gasteiger partial charge is 0.385 e. The summed E-state index contributed by atoms with van der Waals surface area (Å²) in [5.41, 5.74) is 1.18. The van der Waals surface area contributed by atoms with Crippen molar-refractivity contribution >= 4 is 25.9 Å². The molecule has 2 rings (SSSR count). The number of nitrogens with zero attached hydrogens (tertiary/aromatic N) is 2. The molecule has 122 valence electrons. The Morgan fingerprint density at radius 1 is 0.783 bits per heavy atom. The summed E-state index contributed by atoms with van der Waals surface area (Å²) in [7, 11) is -8.17. The van der Waals surface area contributed by atoms with Crippen LogP contribution in [0, 0.1) is 12.3 Å². The van der Waals surface area contributed by atoms with Gasteiger partial charge in [-0.25, -0.2) is 0 Å². The van der Waals surface area contributed by atoms with Crippen molar-refractivity contribution in [2.75, 3.05) is 0 Å². The second-order valence-electron chi connectivity index (χ2n) is 4.36. The van der Waals surface area contributed by atoms with Crippen LogP contribution in [0.2, 0.25) is 0 Å². The molecule has 0 saturated carbocycles. The van der Waals surface area contributed by atoms with Gasteiger partial charge in [0.2, 0.25) is 5.39 Å². The van der Waals surface area contributed by atoms with Crippen molar-refractivity contribution in [1.82, 2.24) is 0 Å². The fourth-order valence-corrected chi connectivity index (χ4v) is 2.36. The molecule has 0 aliphatic carbocycles. The van der Waals surface area contributed by atoms with Crippen molar-refractivity contribution in [3.05, 3.63) is 59.1 Å². The Morgan fingerprint density at radius 3 is 1.43 bits per heavy atom. The molecule has 0 amide bonds. The van der Waals surface area contributed by atoms with E-state index in [0.717, 1.165) is 17.7 Å². The zero-order valence-corrected chi connectivity index (χ0v) is 13.5. The summed E-state index contributed by atoms with van der Waals surface area (Å²) in [4.78, 5) is 2.52. The molecule has 0 aromatic heterocycles. The summed E-state index contributed by atoms with van der Waals surface area (Å²) in [5, 5.41) is 8.24. The quantitative estimate of drug-likeness (QED) is 0.622. The molecule has 0 bridgehead atoms. The number of hydrogen-bond acceptors (Lipinski definition) is 5. The summed E-state index contributed by atoms with van der Waals surface area (Å²) < 4.78 is 59.1. The van der Waals surface area contributed by atoms with E-state index in [-0.39, 0.29) is 15.5 Å². The first-order chi connectivity index (χ1) is 10.5. The van der Waals surface area contributed by atoms with E-state index in [1.165, 1.54) is 24.3 Å². The summed E-state index contributed by atoms with van der Waals surface area (Å²) in [6, 6.07) is 10.8. The van der Waals surface area contributed by atoms with Crippen molar-refractivity contribution in [3.63, 3.8) is 0 Å². The molecule has 0 unspecified atom stereocenters. The van der Waals surface area contributed by atoms with Gasteiger partial charge in [-0.2, -0.15) is 16.8 Å². The van der Waals surface area contributed by atoms with E-state index >= 15 is 0 Å². The van der Waals surface area contributed by atoms with Crippen molar-refractivity contribution in [2.24, 2.45) is 0 Å². The van der Waals surface area contributed by atoms with Crippen LogP contribution in [0.3, 0.4) is 0 Å². The minimum atomic E-state index is -4.15. The molecule has 23 heavy (non-hydrogen) atoms. The maximum Gasteiger partial charge on any atom is 0.385 e. The molecule has 0 radical (unpaired) electrons. The van der Waals surface area contributed by atoms with Crippen LogP contribution in [0.1, 0.15) is 5.56 Å². The van der Waals surface area contributed by atoms with E-state index in [2.05, 4.69) is 4.98 Å². The predicted molar refractivity (Wildman–Crippen MR) is 82.0 cm³/mol. The highest BCUT2D eigenvalue weighted by Crippen LogP contribution is 2.15. The second-order valence-corrected chi connectivity index (χ2v) is 7.20. The third kappa shape index (κ3) is 6.13. The Morgan fingerprint density at radius 2 is 1.13 bits per heavy atom. The second kappa shape index (κ2) is 7.30. The number of hydrogen-bond donors (Lipinski definition) is 2. The lowest BCUT2D eigenvalue weighted by atomic mass is 10.2. The zero-order chi connectivity index (χ0) is 17.7. The molecule has 0 heterocycles. The Kier molecular flexibility index (Phi) is 5.94. The lowest BCUT2D eigenvalue weighted by Crippen LogP contribution is -1.96. The fourth-order valence-electron chi connectivity index (χ4n) is 1.40. The third-order valence-electron chi connectivity index (χ3n) is 2.57. The van der Waals surface area contributed by atoms with Crippen LogP contribution < -0.4 is 0 Å². The highest BCUT2D eigenvalue weighted by Gasteiger charge is 2.11. The Labute approximate surface area is 133 Å². The SMILES string of the molecule is Cc1ccc(S(=O)(=O)O)cc1.N#[N+]c1ccc(S(=O)(=O)O)cc1. The summed E-state index contributed by atoms with van der Waals surface area (Å²) in [6.45, 7) is 1.84. The Hall–Kier alpha value is -2.32. The molecule has 10 heteroatoms. The van der Waals surface area contributed by atoms with Gasteiger partial charge in [-0.15, -0.1) is 0 Å². The van der Waals surface area contributed by atoms with E-state index < -0.39 is 20.2 Å². The predicted octanol–water partition coefficient (Wildman–Crippen LogP) is 2.66. The van der Waals surface area contributed by atoms with Gasteiger partial charge in [-0.3, -0.25) is 9.11 Å². The van der Waals surface area contributed by atoms with Crippen molar-refractivity contribution < 1.29 is 25.9 Å². The molecule has 2 N–H and O–H groups in total. The molecule has 0 spiro atoms. The minimum absolute atomic E-state index is 0.0666. The first-order valence-electron chi connectivity index (χ1n) is 6.01. The van der Waals surface area contributed by atoms with Gasteiger partial charge < -0.3 is 0 Å². The molecule has 0 aliphatic heterocycles. The molecule has 0 fully saturated rings. The van der Waals surface area contributed by atoms with Crippen LogP contribution in [-0.2, 0) is 20.2 Å². The molecule has 0 atom stereocenters. The molecular formula is C13H13N2O6S2+. The maximum absolute atomic E-state index is 10.5. The average Bonchev–Trinajstić information content (AvgIpc) is 2.46. The number of aryl methyl sites for hydroxylation is 1. The van der Waals surface area contributed by atoms with Gasteiger partial charge in [0, 0.05) is 12.1 Å². The van der Waals surface area contributed by atoms with E-state index in [1.807, 2.05) is 6.92 Å². The summed E-state index contributed by atoms with van der Waals surface area (Å²) in [6.07, 6.45) is 0. The normalized spacial score (nSPS) is 11.0. The van der Waals surface area contributed by atoms with Crippen LogP contribution in [0.15, 0.2) is 58.3 Å². The van der Waals surface area contributed by atoms with Crippen molar-refractivity contribution in [1.29, 1.82) is 5.39 Å². The lowest BCUT2D eigenvalue weighted by Gasteiger charge is -1.95.